The van der Waals surface area contributed by atoms with Crippen molar-refractivity contribution < 1.29 is 19.7 Å². The molecular weight excluding hydrogens is 320 g/mol. The molecule has 23 heavy (non-hydrogen) atoms. The van der Waals surface area contributed by atoms with Crippen LogP contribution >= 0.6 is 11.6 Å². The fourth-order valence-electron chi connectivity index (χ4n) is 2.75. The molecule has 7 heteroatoms. The van der Waals surface area contributed by atoms with E-state index in [0.717, 1.165) is 18.5 Å². The van der Waals surface area contributed by atoms with Crippen molar-refractivity contribution in [2.75, 3.05) is 26.3 Å². The molecule has 128 valence electrons. The summed E-state index contributed by atoms with van der Waals surface area (Å²) in [4.78, 5) is 13.1. The van der Waals surface area contributed by atoms with Gasteiger partial charge in [-0.3, -0.25) is 9.69 Å². The van der Waals surface area contributed by atoms with Crippen LogP contribution in [0.1, 0.15) is 24.8 Å². The molecule has 0 aliphatic carbocycles. The van der Waals surface area contributed by atoms with E-state index >= 15 is 0 Å². The van der Waals surface area contributed by atoms with E-state index in [2.05, 4.69) is 4.90 Å². The van der Waals surface area contributed by atoms with Crippen molar-refractivity contribution in [1.82, 2.24) is 4.90 Å². The highest BCUT2D eigenvalue weighted by Gasteiger charge is 2.29. The number of nitrogens with zero attached hydrogens (tertiary/aromatic N) is 1. The van der Waals surface area contributed by atoms with Gasteiger partial charge in [0, 0.05) is 23.7 Å². The van der Waals surface area contributed by atoms with Crippen LogP contribution in [-0.2, 0) is 11.3 Å². The highest BCUT2D eigenvalue weighted by atomic mass is 35.5. The van der Waals surface area contributed by atoms with Crippen molar-refractivity contribution in [1.29, 1.82) is 0 Å². The molecule has 1 aliphatic heterocycles. The first-order valence-corrected chi connectivity index (χ1v) is 8.05. The summed E-state index contributed by atoms with van der Waals surface area (Å²) in [5.41, 5.74) is 5.00. The van der Waals surface area contributed by atoms with E-state index < -0.39 is 11.5 Å². The smallest absolute Gasteiger partial charge is 0.255 e. The molecule has 1 aliphatic rings. The number of amides is 1. The first-order valence-electron chi connectivity index (χ1n) is 7.67. The van der Waals surface area contributed by atoms with Gasteiger partial charge in [0.25, 0.3) is 5.91 Å². The third kappa shape index (κ3) is 5.35. The van der Waals surface area contributed by atoms with Crippen LogP contribution in [0.25, 0.3) is 0 Å². The number of benzene rings is 1. The molecule has 1 atom stereocenters. The molecule has 0 unspecified atom stereocenters. The number of primary amides is 1. The lowest BCUT2D eigenvalue weighted by atomic mass is 9.96. The van der Waals surface area contributed by atoms with Gasteiger partial charge >= 0.3 is 0 Å². The number of rotatable bonds is 6. The first-order chi connectivity index (χ1) is 10.9. The number of aliphatic hydroxyl groups excluding tert-OH is 1. The predicted molar refractivity (Wildman–Crippen MR) is 87.3 cm³/mol. The summed E-state index contributed by atoms with van der Waals surface area (Å²) >= 11 is 6.06. The van der Waals surface area contributed by atoms with E-state index in [1.54, 1.807) is 18.2 Å². The van der Waals surface area contributed by atoms with Gasteiger partial charge in [-0.05, 0) is 44.0 Å². The number of halogens is 1. The summed E-state index contributed by atoms with van der Waals surface area (Å²) in [5.74, 6) is 0.0450. The molecule has 0 bridgehead atoms. The summed E-state index contributed by atoms with van der Waals surface area (Å²) < 4.78 is 5.44. The summed E-state index contributed by atoms with van der Waals surface area (Å²) in [6.07, 6.45) is 1.90. The number of hydrogen-bond donors (Lipinski definition) is 3. The van der Waals surface area contributed by atoms with Gasteiger partial charge in [0.1, 0.15) is 5.75 Å². The molecule has 1 aromatic carbocycles. The first kappa shape index (κ1) is 18.0. The van der Waals surface area contributed by atoms with Crippen LogP contribution in [-0.4, -0.2) is 52.9 Å². The highest BCUT2D eigenvalue weighted by Crippen LogP contribution is 2.27. The third-order valence-corrected chi connectivity index (χ3v) is 4.33. The number of ether oxygens (including phenoxy) is 1. The maximum Gasteiger partial charge on any atom is 0.255 e. The lowest BCUT2D eigenvalue weighted by molar-refractivity contribution is -0.119. The minimum absolute atomic E-state index is 0.182. The second-order valence-electron chi connectivity index (χ2n) is 6.02. The Kier molecular flexibility index (Phi) is 6.24. The minimum atomic E-state index is -0.992. The standard InChI is InChI=1S/C16H23ClN2O4/c17-13-2-3-14(23-10-15(18)21)12(8-13)9-19-6-1-4-16(22,11-20)5-7-19/h2-3,8,20,22H,1,4-7,9-11H2,(H2,18,21)/t16-/m1/s1. The second kappa shape index (κ2) is 7.97. The molecule has 0 aromatic heterocycles. The van der Waals surface area contributed by atoms with E-state index in [0.29, 0.717) is 36.7 Å². The highest BCUT2D eigenvalue weighted by molar-refractivity contribution is 6.30. The van der Waals surface area contributed by atoms with Crippen molar-refractivity contribution in [3.63, 3.8) is 0 Å². The fraction of sp³-hybridized carbons (Fsp3) is 0.562. The number of nitrogens with two attached hydrogens (primary N) is 1. The SMILES string of the molecule is NC(=O)COc1ccc(Cl)cc1CN1CCC[C@](O)(CO)CC1. The molecule has 0 radical (unpaired) electrons. The van der Waals surface area contributed by atoms with E-state index in [1.807, 2.05) is 0 Å². The zero-order valence-corrected chi connectivity index (χ0v) is 13.8. The normalized spacial score (nSPS) is 22.6. The summed E-state index contributed by atoms with van der Waals surface area (Å²) in [5, 5.41) is 20.1. The molecule has 1 aromatic rings. The van der Waals surface area contributed by atoms with Crippen LogP contribution in [0.4, 0.5) is 0 Å². The monoisotopic (exact) mass is 342 g/mol. The zero-order valence-electron chi connectivity index (χ0n) is 13.0. The zero-order chi connectivity index (χ0) is 16.9. The van der Waals surface area contributed by atoms with Crippen molar-refractivity contribution in [2.45, 2.75) is 31.4 Å². The Hall–Kier alpha value is -1.34. The summed E-state index contributed by atoms with van der Waals surface area (Å²) in [6, 6.07) is 5.23. The molecule has 4 N–H and O–H groups in total. The van der Waals surface area contributed by atoms with Gasteiger partial charge in [0.2, 0.25) is 0 Å². The Bertz CT molecular complexity index is 555. The summed E-state index contributed by atoms with van der Waals surface area (Å²) in [7, 11) is 0. The average Bonchev–Trinajstić information content (AvgIpc) is 2.69. The largest absolute Gasteiger partial charge is 0.483 e. The maximum absolute atomic E-state index is 10.9. The van der Waals surface area contributed by atoms with Crippen LogP contribution in [0.3, 0.4) is 0 Å². The van der Waals surface area contributed by atoms with Gasteiger partial charge in [-0.2, -0.15) is 0 Å². The van der Waals surface area contributed by atoms with Crippen LogP contribution in [0.2, 0.25) is 5.02 Å². The van der Waals surface area contributed by atoms with Gasteiger partial charge in [0.15, 0.2) is 6.61 Å². The number of carbonyl (C=O) groups is 1. The van der Waals surface area contributed by atoms with Crippen LogP contribution < -0.4 is 10.5 Å². The van der Waals surface area contributed by atoms with Gasteiger partial charge in [-0.25, -0.2) is 0 Å². The number of carbonyl (C=O) groups excluding carboxylic acids is 1. The van der Waals surface area contributed by atoms with Crippen molar-refractivity contribution >= 4 is 17.5 Å². The summed E-state index contributed by atoms with van der Waals surface area (Å²) in [6.45, 7) is 1.67. The molecule has 1 amide bonds. The van der Waals surface area contributed by atoms with Crippen LogP contribution in [0.5, 0.6) is 5.75 Å². The second-order valence-corrected chi connectivity index (χ2v) is 6.46. The number of aliphatic hydroxyl groups is 2. The Balaban J connectivity index is 2.06. The van der Waals surface area contributed by atoms with E-state index in [9.17, 15) is 15.0 Å². The van der Waals surface area contributed by atoms with E-state index in [4.69, 9.17) is 22.1 Å². The van der Waals surface area contributed by atoms with Gasteiger partial charge in [-0.15, -0.1) is 0 Å². The lowest BCUT2D eigenvalue weighted by Crippen LogP contribution is -2.34. The van der Waals surface area contributed by atoms with Crippen molar-refractivity contribution in [2.24, 2.45) is 5.73 Å². The molecule has 1 heterocycles. The predicted octanol–water partition coefficient (Wildman–Crippen LogP) is 0.913. The van der Waals surface area contributed by atoms with Crippen LogP contribution in [0.15, 0.2) is 18.2 Å². The fourth-order valence-corrected chi connectivity index (χ4v) is 2.95. The lowest BCUT2D eigenvalue weighted by Gasteiger charge is -2.25. The number of hydrogen-bond acceptors (Lipinski definition) is 5. The van der Waals surface area contributed by atoms with Crippen LogP contribution in [0, 0.1) is 0 Å². The Morgan fingerprint density at radius 1 is 1.39 bits per heavy atom. The quantitative estimate of drug-likeness (QED) is 0.714. The molecule has 0 saturated carbocycles. The third-order valence-electron chi connectivity index (χ3n) is 4.09. The maximum atomic E-state index is 10.9. The van der Waals surface area contributed by atoms with Gasteiger partial charge in [-0.1, -0.05) is 11.6 Å². The topological polar surface area (TPSA) is 96.0 Å². The molecule has 2 rings (SSSR count). The molecular formula is C16H23ClN2O4. The Morgan fingerprint density at radius 3 is 2.87 bits per heavy atom. The van der Waals surface area contributed by atoms with Gasteiger partial charge in [0.05, 0.1) is 12.2 Å². The molecule has 1 saturated heterocycles. The van der Waals surface area contributed by atoms with Crippen molar-refractivity contribution in [3.8, 4) is 5.75 Å². The number of likely N-dealkylation sites (tertiary alicyclic amines) is 1. The van der Waals surface area contributed by atoms with Crippen molar-refractivity contribution in [3.05, 3.63) is 28.8 Å². The minimum Gasteiger partial charge on any atom is -0.483 e. The molecule has 6 nitrogen and oxygen atoms in total. The van der Waals surface area contributed by atoms with E-state index in [1.165, 1.54) is 0 Å². The average molecular weight is 343 g/mol. The Labute approximate surface area is 140 Å². The molecule has 1 fully saturated rings. The molecule has 0 spiro atoms. The van der Waals surface area contributed by atoms with E-state index in [-0.39, 0.29) is 13.2 Å². The Morgan fingerprint density at radius 2 is 2.17 bits per heavy atom. The van der Waals surface area contributed by atoms with Gasteiger partial charge < -0.3 is 20.7 Å².